The van der Waals surface area contributed by atoms with E-state index in [1.54, 1.807) is 0 Å². The van der Waals surface area contributed by atoms with Gasteiger partial charge >= 0.3 is 0 Å². The maximum absolute atomic E-state index is 2.46. The number of rotatable bonds is 7. The topological polar surface area (TPSA) is 8.17 Å². The maximum Gasteiger partial charge on any atom is 0.0555 e. The minimum atomic E-state index is 1.11. The fourth-order valence-corrected chi connectivity index (χ4v) is 9.62. The van der Waals surface area contributed by atoms with Gasteiger partial charge in [-0.2, -0.15) is 0 Å². The van der Waals surface area contributed by atoms with E-state index in [0.29, 0.717) is 0 Å². The summed E-state index contributed by atoms with van der Waals surface area (Å²) in [7, 11) is 0. The Labute approximate surface area is 335 Å². The molecule has 3 heteroatoms. The molecule has 0 N–H and O–H groups in total. The van der Waals surface area contributed by atoms with Crippen molar-refractivity contribution in [2.45, 2.75) is 0 Å². The zero-order valence-corrected chi connectivity index (χ0v) is 31.9. The number of para-hydroxylation sites is 2. The van der Waals surface area contributed by atoms with Gasteiger partial charge in [-0.05, 0) is 106 Å². The SMILES string of the molecule is c1ccc(-c2ccc(-c3ccc(N(c4ccccc4)c4cccc(-c5ccc6c(c5)c5ccccc5n6-c5cccc6sc7ccccc7c56)c4)cc3)cc2)cc1. The Hall–Kier alpha value is -7.20. The number of hydrogen-bond acceptors (Lipinski definition) is 2. The zero-order valence-electron chi connectivity index (χ0n) is 31.1. The number of nitrogens with zero attached hydrogens (tertiary/aromatic N) is 2. The first kappa shape index (κ1) is 33.2. The largest absolute Gasteiger partial charge is 0.310 e. The van der Waals surface area contributed by atoms with Crippen molar-refractivity contribution in [2.24, 2.45) is 0 Å². The van der Waals surface area contributed by atoms with Gasteiger partial charge in [0, 0.05) is 48.0 Å². The predicted octanol–water partition coefficient (Wildman–Crippen LogP) is 15.6. The summed E-state index contributed by atoms with van der Waals surface area (Å²) in [6, 6.07) is 79.2. The Kier molecular flexibility index (Phi) is 8.04. The Morgan fingerprint density at radius 1 is 0.316 bits per heavy atom. The Bertz CT molecular complexity index is 3210. The summed E-state index contributed by atoms with van der Waals surface area (Å²) in [6.07, 6.45) is 0. The van der Waals surface area contributed by atoms with Crippen LogP contribution in [0.4, 0.5) is 17.1 Å². The number of hydrogen-bond donors (Lipinski definition) is 0. The van der Waals surface area contributed by atoms with Crippen LogP contribution in [0, 0.1) is 0 Å². The highest BCUT2D eigenvalue weighted by Gasteiger charge is 2.18. The van der Waals surface area contributed by atoms with Crippen LogP contribution in [0.25, 0.3) is 81.0 Å². The molecule has 9 aromatic carbocycles. The average molecular weight is 745 g/mol. The second-order valence-corrected chi connectivity index (χ2v) is 15.6. The Morgan fingerprint density at radius 3 is 1.60 bits per heavy atom. The zero-order chi connectivity index (χ0) is 37.7. The number of benzene rings is 9. The summed E-state index contributed by atoms with van der Waals surface area (Å²) in [5, 5.41) is 5.12. The van der Waals surface area contributed by atoms with E-state index in [0.717, 1.165) is 17.1 Å². The Balaban J connectivity index is 0.985. The van der Waals surface area contributed by atoms with Crippen LogP contribution in [0.1, 0.15) is 0 Å². The van der Waals surface area contributed by atoms with Gasteiger partial charge in [0.1, 0.15) is 0 Å². The van der Waals surface area contributed by atoms with E-state index in [1.165, 1.54) is 81.0 Å². The van der Waals surface area contributed by atoms with Gasteiger partial charge < -0.3 is 9.47 Å². The number of anilines is 3. The minimum absolute atomic E-state index is 1.11. The van der Waals surface area contributed by atoms with Crippen LogP contribution in [0.5, 0.6) is 0 Å². The van der Waals surface area contributed by atoms with Crippen molar-refractivity contribution in [1.29, 1.82) is 0 Å². The lowest BCUT2D eigenvalue weighted by Crippen LogP contribution is -2.09. The van der Waals surface area contributed by atoms with Crippen molar-refractivity contribution >= 4 is 70.4 Å². The van der Waals surface area contributed by atoms with Crippen molar-refractivity contribution < 1.29 is 0 Å². The van der Waals surface area contributed by atoms with E-state index in [-0.39, 0.29) is 0 Å². The summed E-state index contributed by atoms with van der Waals surface area (Å²) < 4.78 is 5.09. The molecule has 0 radical (unpaired) electrons. The molecule has 0 bridgehead atoms. The molecule has 268 valence electrons. The third kappa shape index (κ3) is 5.80. The van der Waals surface area contributed by atoms with Gasteiger partial charge in [0.2, 0.25) is 0 Å². The van der Waals surface area contributed by atoms with Crippen LogP contribution in [0.15, 0.2) is 218 Å². The van der Waals surface area contributed by atoms with E-state index >= 15 is 0 Å². The third-order valence-electron chi connectivity index (χ3n) is 11.2. The second kappa shape index (κ2) is 13.8. The summed E-state index contributed by atoms with van der Waals surface area (Å²) in [5.74, 6) is 0. The van der Waals surface area contributed by atoms with Gasteiger partial charge in [0.05, 0.1) is 16.7 Å². The van der Waals surface area contributed by atoms with Crippen molar-refractivity contribution in [3.63, 3.8) is 0 Å². The van der Waals surface area contributed by atoms with Gasteiger partial charge in [-0.1, -0.05) is 146 Å². The molecular formula is C54H36N2S. The predicted molar refractivity (Wildman–Crippen MR) is 245 cm³/mol. The quantitative estimate of drug-likeness (QED) is 0.158. The maximum atomic E-state index is 2.46. The van der Waals surface area contributed by atoms with Crippen LogP contribution in [-0.4, -0.2) is 4.57 Å². The van der Waals surface area contributed by atoms with E-state index in [4.69, 9.17) is 0 Å². The normalized spacial score (nSPS) is 11.5. The number of thiophene rings is 1. The Morgan fingerprint density at radius 2 is 0.825 bits per heavy atom. The highest BCUT2D eigenvalue weighted by molar-refractivity contribution is 7.25. The lowest BCUT2D eigenvalue weighted by molar-refractivity contribution is 1.20. The van der Waals surface area contributed by atoms with Crippen LogP contribution in [0.3, 0.4) is 0 Å². The van der Waals surface area contributed by atoms with E-state index in [2.05, 4.69) is 228 Å². The van der Waals surface area contributed by atoms with Gasteiger partial charge in [-0.25, -0.2) is 0 Å². The molecule has 0 fully saturated rings. The fraction of sp³-hybridized carbons (Fsp3) is 0. The summed E-state index contributed by atoms with van der Waals surface area (Å²) >= 11 is 1.87. The molecule has 57 heavy (non-hydrogen) atoms. The molecule has 2 aromatic heterocycles. The van der Waals surface area contributed by atoms with E-state index in [9.17, 15) is 0 Å². The molecule has 2 nitrogen and oxygen atoms in total. The number of fused-ring (bicyclic) bond motifs is 6. The van der Waals surface area contributed by atoms with E-state index in [1.807, 2.05) is 11.3 Å². The molecule has 0 amide bonds. The van der Waals surface area contributed by atoms with Crippen molar-refractivity contribution in [3.8, 4) is 39.1 Å². The first-order chi connectivity index (χ1) is 28.3. The lowest BCUT2D eigenvalue weighted by Gasteiger charge is -2.26. The molecule has 2 heterocycles. The van der Waals surface area contributed by atoms with Crippen LogP contribution in [0.2, 0.25) is 0 Å². The molecule has 0 atom stereocenters. The molecule has 11 rings (SSSR count). The van der Waals surface area contributed by atoms with Crippen molar-refractivity contribution in [3.05, 3.63) is 218 Å². The smallest absolute Gasteiger partial charge is 0.0555 e. The molecular weight excluding hydrogens is 709 g/mol. The second-order valence-electron chi connectivity index (χ2n) is 14.5. The molecule has 0 unspecified atom stereocenters. The van der Waals surface area contributed by atoms with Crippen molar-refractivity contribution in [2.75, 3.05) is 4.90 Å². The van der Waals surface area contributed by atoms with Crippen LogP contribution < -0.4 is 4.90 Å². The molecule has 11 aromatic rings. The molecule has 0 aliphatic heterocycles. The van der Waals surface area contributed by atoms with Crippen LogP contribution >= 0.6 is 11.3 Å². The van der Waals surface area contributed by atoms with Gasteiger partial charge in [-0.3, -0.25) is 0 Å². The summed E-state index contributed by atoms with van der Waals surface area (Å²) in [5.41, 5.74) is 14.2. The lowest BCUT2D eigenvalue weighted by atomic mass is 10.00. The monoisotopic (exact) mass is 744 g/mol. The third-order valence-corrected chi connectivity index (χ3v) is 12.3. The summed E-state index contributed by atoms with van der Waals surface area (Å²) in [4.78, 5) is 2.35. The molecule has 0 saturated carbocycles. The van der Waals surface area contributed by atoms with Gasteiger partial charge in [-0.15, -0.1) is 11.3 Å². The molecule has 0 aliphatic rings. The summed E-state index contributed by atoms with van der Waals surface area (Å²) in [6.45, 7) is 0. The van der Waals surface area contributed by atoms with Crippen molar-refractivity contribution in [1.82, 2.24) is 4.57 Å². The first-order valence-electron chi connectivity index (χ1n) is 19.4. The number of aromatic nitrogens is 1. The highest BCUT2D eigenvalue weighted by Crippen LogP contribution is 2.43. The van der Waals surface area contributed by atoms with Gasteiger partial charge in [0.25, 0.3) is 0 Å². The molecule has 0 aliphatic carbocycles. The fourth-order valence-electron chi connectivity index (χ4n) is 8.49. The standard InChI is InChI=1S/C54H36N2S/c1-3-13-37(14-4-1)38-25-27-39(28-26-38)40-29-32-44(33-30-40)55(43-16-5-2-6-17-43)45-18-11-15-41(35-45)42-31-34-50-48(36-42)46-19-7-9-21-49(46)56(50)51-22-12-24-53-54(51)47-20-8-10-23-52(47)57-53/h1-36H. The van der Waals surface area contributed by atoms with E-state index < -0.39 is 0 Å². The molecule has 0 spiro atoms. The highest BCUT2D eigenvalue weighted by atomic mass is 32.1. The van der Waals surface area contributed by atoms with Crippen LogP contribution in [-0.2, 0) is 0 Å². The minimum Gasteiger partial charge on any atom is -0.310 e. The molecule has 0 saturated heterocycles. The average Bonchev–Trinajstić information content (AvgIpc) is 3.83. The first-order valence-corrected chi connectivity index (χ1v) is 20.2. The van der Waals surface area contributed by atoms with Gasteiger partial charge in [0.15, 0.2) is 0 Å².